The van der Waals surface area contributed by atoms with Crippen LogP contribution in [-0.4, -0.2) is 80.6 Å². The number of carbonyl (C=O) groups excluding carboxylic acids is 2. The molecule has 12 nitrogen and oxygen atoms in total. The number of unbranched alkanes of at least 4 members (excludes halogenated alkanes) is 3. The quantitative estimate of drug-likeness (QED) is 0.226. The molecule has 0 bridgehead atoms. The highest BCUT2D eigenvalue weighted by atomic mass is 32.2. The molecular formula is C28H42N4O8S2. The summed E-state index contributed by atoms with van der Waals surface area (Å²) in [7, 11) is -7.34. The third-order valence-corrected chi connectivity index (χ3v) is 8.28. The van der Waals surface area contributed by atoms with Gasteiger partial charge in [-0.1, -0.05) is 12.8 Å². The molecule has 0 saturated heterocycles. The van der Waals surface area contributed by atoms with Gasteiger partial charge >= 0.3 is 0 Å². The molecule has 2 aromatic rings. The molecule has 42 heavy (non-hydrogen) atoms. The Morgan fingerprint density at radius 3 is 1.24 bits per heavy atom. The van der Waals surface area contributed by atoms with Crippen molar-refractivity contribution in [2.75, 3.05) is 60.5 Å². The highest BCUT2D eigenvalue weighted by Gasteiger charge is 2.22. The second kappa shape index (κ2) is 16.8. The van der Waals surface area contributed by atoms with E-state index in [1.54, 1.807) is 48.5 Å². The fourth-order valence-corrected chi connectivity index (χ4v) is 5.70. The second-order valence-electron chi connectivity index (χ2n) is 9.51. The maximum absolute atomic E-state index is 12.4. The minimum Gasteiger partial charge on any atom is -0.494 e. The first kappa shape index (κ1) is 34.7. The Morgan fingerprint density at radius 1 is 0.619 bits per heavy atom. The normalized spacial score (nSPS) is 11.4. The predicted molar refractivity (Wildman–Crippen MR) is 164 cm³/mol. The topological polar surface area (TPSA) is 151 Å². The Morgan fingerprint density at radius 2 is 0.952 bits per heavy atom. The molecule has 0 radical (unpaired) electrons. The largest absolute Gasteiger partial charge is 0.494 e. The van der Waals surface area contributed by atoms with Crippen molar-refractivity contribution in [3.8, 4) is 11.5 Å². The fourth-order valence-electron chi connectivity index (χ4n) is 3.98. The van der Waals surface area contributed by atoms with Crippen LogP contribution in [0, 0.1) is 0 Å². The third-order valence-electron chi connectivity index (χ3n) is 5.99. The summed E-state index contributed by atoms with van der Waals surface area (Å²) in [5.74, 6) is 0.395. The number of benzene rings is 2. The van der Waals surface area contributed by atoms with Gasteiger partial charge in [0.2, 0.25) is 31.9 Å². The van der Waals surface area contributed by atoms with Crippen LogP contribution in [0.15, 0.2) is 48.5 Å². The summed E-state index contributed by atoms with van der Waals surface area (Å²) in [6.45, 7) is 4.78. The maximum atomic E-state index is 12.4. The van der Waals surface area contributed by atoms with Crippen molar-refractivity contribution in [2.45, 2.75) is 39.5 Å². The number of sulfonamides is 2. The van der Waals surface area contributed by atoms with Gasteiger partial charge in [-0.05, 0) is 75.2 Å². The van der Waals surface area contributed by atoms with E-state index in [0.717, 1.165) is 34.0 Å². The Kier molecular flexibility index (Phi) is 13.9. The van der Waals surface area contributed by atoms with Crippen molar-refractivity contribution in [1.29, 1.82) is 0 Å². The van der Waals surface area contributed by atoms with Gasteiger partial charge in [0.1, 0.15) is 24.6 Å². The van der Waals surface area contributed by atoms with E-state index in [4.69, 9.17) is 9.47 Å². The van der Waals surface area contributed by atoms with Crippen LogP contribution in [0.4, 0.5) is 11.4 Å². The second-order valence-corrected chi connectivity index (χ2v) is 13.3. The number of ether oxygens (including phenoxy) is 2. The average molecular weight is 627 g/mol. The monoisotopic (exact) mass is 626 g/mol. The predicted octanol–water partition coefficient (Wildman–Crippen LogP) is 2.51. The first-order valence-electron chi connectivity index (χ1n) is 13.8. The van der Waals surface area contributed by atoms with Gasteiger partial charge in [0.25, 0.3) is 0 Å². The molecule has 0 aromatic heterocycles. The van der Waals surface area contributed by atoms with Gasteiger partial charge in [-0.25, -0.2) is 16.8 Å². The molecule has 0 aliphatic carbocycles. The zero-order chi connectivity index (χ0) is 31.2. The van der Waals surface area contributed by atoms with Crippen molar-refractivity contribution in [2.24, 2.45) is 0 Å². The van der Waals surface area contributed by atoms with Crippen LogP contribution < -0.4 is 28.7 Å². The van der Waals surface area contributed by atoms with E-state index in [-0.39, 0.29) is 13.1 Å². The van der Waals surface area contributed by atoms with Crippen LogP contribution in [0.25, 0.3) is 0 Å². The first-order valence-corrected chi connectivity index (χ1v) is 17.5. The summed E-state index contributed by atoms with van der Waals surface area (Å²) >= 11 is 0. The van der Waals surface area contributed by atoms with Crippen molar-refractivity contribution in [3.63, 3.8) is 0 Å². The lowest BCUT2D eigenvalue weighted by Crippen LogP contribution is -2.40. The molecule has 2 N–H and O–H groups in total. The molecule has 234 valence electrons. The molecule has 2 aromatic carbocycles. The van der Waals surface area contributed by atoms with E-state index < -0.39 is 31.9 Å². The highest BCUT2D eigenvalue weighted by molar-refractivity contribution is 7.92. The van der Waals surface area contributed by atoms with Crippen LogP contribution in [0.5, 0.6) is 11.5 Å². The lowest BCUT2D eigenvalue weighted by Gasteiger charge is -2.22. The standard InChI is InChI=1S/C28H42N4O8S2/c1-5-39-25-15-11-23(12-16-25)31(41(3,35)36)21-27(33)29-19-9-7-8-10-20-30-28(34)22-32(42(4,37)38)24-13-17-26(18-14-24)40-6-2/h11-18H,5-10,19-22H2,1-4H3,(H,29,33)(H,30,34). The summed E-state index contributed by atoms with van der Waals surface area (Å²) in [6.07, 6.45) is 5.03. The van der Waals surface area contributed by atoms with Gasteiger partial charge in [-0.2, -0.15) is 0 Å². The van der Waals surface area contributed by atoms with Crippen molar-refractivity contribution in [1.82, 2.24) is 10.6 Å². The van der Waals surface area contributed by atoms with Gasteiger partial charge in [0.05, 0.1) is 37.1 Å². The van der Waals surface area contributed by atoms with Gasteiger partial charge < -0.3 is 20.1 Å². The molecular weight excluding hydrogens is 584 g/mol. The van der Waals surface area contributed by atoms with Crippen molar-refractivity contribution in [3.05, 3.63) is 48.5 Å². The average Bonchev–Trinajstić information content (AvgIpc) is 2.92. The summed E-state index contributed by atoms with van der Waals surface area (Å²) in [4.78, 5) is 24.8. The molecule has 14 heteroatoms. The first-order chi connectivity index (χ1) is 19.8. The molecule has 0 atom stereocenters. The van der Waals surface area contributed by atoms with Crippen LogP contribution >= 0.6 is 0 Å². The molecule has 0 aliphatic rings. The molecule has 0 heterocycles. The van der Waals surface area contributed by atoms with Crippen LogP contribution in [0.2, 0.25) is 0 Å². The van der Waals surface area contributed by atoms with E-state index in [1.165, 1.54) is 0 Å². The van der Waals surface area contributed by atoms with Crippen LogP contribution in [-0.2, 0) is 29.6 Å². The Labute approximate surface area is 249 Å². The molecule has 0 saturated carbocycles. The summed E-state index contributed by atoms with van der Waals surface area (Å²) in [5, 5.41) is 5.50. The Balaban J connectivity index is 1.70. The highest BCUT2D eigenvalue weighted by Crippen LogP contribution is 2.22. The maximum Gasteiger partial charge on any atom is 0.240 e. The molecule has 0 spiro atoms. The number of hydrogen-bond donors (Lipinski definition) is 2. The lowest BCUT2D eigenvalue weighted by atomic mass is 10.2. The smallest absolute Gasteiger partial charge is 0.240 e. The number of anilines is 2. The third kappa shape index (κ3) is 12.1. The van der Waals surface area contributed by atoms with Gasteiger partial charge in [-0.15, -0.1) is 0 Å². The van der Waals surface area contributed by atoms with Crippen LogP contribution in [0.3, 0.4) is 0 Å². The SMILES string of the molecule is CCOc1ccc(N(CC(=O)NCCCCCCNC(=O)CN(c2ccc(OCC)cc2)S(C)(=O)=O)S(C)(=O)=O)cc1. The number of amides is 2. The number of nitrogens with zero attached hydrogens (tertiary/aromatic N) is 2. The molecule has 0 aliphatic heterocycles. The minimum absolute atomic E-state index is 0.333. The summed E-state index contributed by atoms with van der Waals surface area (Å²) < 4.78 is 61.9. The zero-order valence-electron chi connectivity index (χ0n) is 24.7. The van der Waals surface area contributed by atoms with E-state index in [0.29, 0.717) is 62.0 Å². The Bertz CT molecular complexity index is 1240. The fraction of sp³-hybridized carbons (Fsp3) is 0.500. The van der Waals surface area contributed by atoms with Crippen LogP contribution in [0.1, 0.15) is 39.5 Å². The lowest BCUT2D eigenvalue weighted by molar-refractivity contribution is -0.120. The number of hydrogen-bond acceptors (Lipinski definition) is 8. The van der Waals surface area contributed by atoms with Gasteiger partial charge in [-0.3, -0.25) is 18.2 Å². The Hall–Kier alpha value is -3.52. The molecule has 0 unspecified atom stereocenters. The van der Waals surface area contributed by atoms with Gasteiger partial charge in [0.15, 0.2) is 0 Å². The molecule has 2 amide bonds. The summed E-state index contributed by atoms with van der Waals surface area (Å²) in [5.41, 5.74) is 0.745. The molecule has 2 rings (SSSR count). The number of rotatable bonds is 19. The van der Waals surface area contributed by atoms with E-state index >= 15 is 0 Å². The van der Waals surface area contributed by atoms with Crippen molar-refractivity contribution < 1.29 is 35.9 Å². The zero-order valence-corrected chi connectivity index (χ0v) is 26.3. The number of nitrogens with one attached hydrogen (secondary N) is 2. The minimum atomic E-state index is -3.67. The van der Waals surface area contributed by atoms with Gasteiger partial charge in [0, 0.05) is 13.1 Å². The van der Waals surface area contributed by atoms with E-state index in [9.17, 15) is 26.4 Å². The van der Waals surface area contributed by atoms with E-state index in [2.05, 4.69) is 10.6 Å². The van der Waals surface area contributed by atoms with Crippen molar-refractivity contribution >= 4 is 43.2 Å². The summed E-state index contributed by atoms with van der Waals surface area (Å²) in [6, 6.07) is 13.0. The van der Waals surface area contributed by atoms with E-state index in [1.807, 2.05) is 13.8 Å². The molecule has 0 fully saturated rings. The number of carbonyl (C=O) groups is 2.